The molecule has 4 heterocycles. The van der Waals surface area contributed by atoms with Crippen molar-refractivity contribution in [2.24, 2.45) is 11.8 Å². The highest BCUT2D eigenvalue weighted by molar-refractivity contribution is 5.94. The fourth-order valence-electron chi connectivity index (χ4n) is 5.20. The average molecular weight is 430 g/mol. The molecule has 1 saturated carbocycles. The smallest absolute Gasteiger partial charge is 0.254 e. The van der Waals surface area contributed by atoms with E-state index in [0.29, 0.717) is 11.4 Å². The fraction of sp³-hybridized carbons (Fsp3) is 0.417. The van der Waals surface area contributed by atoms with Crippen LogP contribution < -0.4 is 16.0 Å². The molecule has 0 aromatic carbocycles. The van der Waals surface area contributed by atoms with Crippen molar-refractivity contribution in [3.63, 3.8) is 0 Å². The van der Waals surface area contributed by atoms with E-state index < -0.39 is 0 Å². The molecule has 4 atom stereocenters. The maximum atomic E-state index is 12.9. The van der Waals surface area contributed by atoms with Gasteiger partial charge in [-0.3, -0.25) is 9.48 Å². The molecule has 1 amide bonds. The summed E-state index contributed by atoms with van der Waals surface area (Å²) in [6, 6.07) is 6.11. The maximum Gasteiger partial charge on any atom is 0.254 e. The summed E-state index contributed by atoms with van der Waals surface area (Å²) < 4.78 is 1.82. The topological polar surface area (TPSA) is 102 Å². The molecule has 3 aromatic heterocycles. The molecule has 2 aliphatic carbocycles. The van der Waals surface area contributed by atoms with E-state index in [-0.39, 0.29) is 18.0 Å². The molecule has 8 heteroatoms. The number of pyridine rings is 2. The van der Waals surface area contributed by atoms with Crippen LogP contribution in [0.15, 0.2) is 43.0 Å². The van der Waals surface area contributed by atoms with Gasteiger partial charge >= 0.3 is 0 Å². The standard InChI is InChI=1S/C24H27N7O/c1-14(15-2-5-22(27-9-15)30-11-16-8-17(16)12-30)31-13-18(10-28-31)24(32)29-21-4-3-20-19(21)6-7-26-23(20)25/h2,5-7,9-10,13-14,16-17,21H,3-4,8,11-12H2,1H3,(H2,25,26)(H,29,32)/t14?,16-,17-,21-/m1/s1. The second kappa shape index (κ2) is 7.32. The molecule has 2 fully saturated rings. The number of piperidine rings is 1. The number of nitrogens with zero attached hydrogens (tertiary/aromatic N) is 5. The molecule has 0 spiro atoms. The lowest BCUT2D eigenvalue weighted by atomic mass is 10.1. The number of nitrogen functional groups attached to an aromatic ring is 1. The number of nitrogens with one attached hydrogen (secondary N) is 1. The number of fused-ring (bicyclic) bond motifs is 2. The van der Waals surface area contributed by atoms with E-state index in [1.807, 2.05) is 16.9 Å². The van der Waals surface area contributed by atoms with Crippen LogP contribution in [0, 0.1) is 11.8 Å². The lowest BCUT2D eigenvalue weighted by Gasteiger charge is -2.20. The molecule has 1 aliphatic heterocycles. The molecule has 6 rings (SSSR count). The van der Waals surface area contributed by atoms with Crippen LogP contribution in [-0.4, -0.2) is 38.7 Å². The minimum absolute atomic E-state index is 0.0110. The zero-order valence-electron chi connectivity index (χ0n) is 18.1. The van der Waals surface area contributed by atoms with E-state index in [1.54, 1.807) is 18.6 Å². The van der Waals surface area contributed by atoms with Crippen LogP contribution in [0.1, 0.15) is 58.9 Å². The van der Waals surface area contributed by atoms with Gasteiger partial charge in [-0.15, -0.1) is 0 Å². The fourth-order valence-corrected chi connectivity index (χ4v) is 5.20. The number of hydrogen-bond acceptors (Lipinski definition) is 6. The largest absolute Gasteiger partial charge is 0.383 e. The van der Waals surface area contributed by atoms with Gasteiger partial charge in [0.25, 0.3) is 5.91 Å². The van der Waals surface area contributed by atoms with Crippen molar-refractivity contribution in [1.29, 1.82) is 0 Å². The monoisotopic (exact) mass is 429 g/mol. The third-order valence-electron chi connectivity index (χ3n) is 7.31. The Hall–Kier alpha value is -3.42. The molecule has 8 nitrogen and oxygen atoms in total. The summed E-state index contributed by atoms with van der Waals surface area (Å²) in [6.07, 6.45) is 10.1. The Morgan fingerprint density at radius 1 is 1.19 bits per heavy atom. The summed E-state index contributed by atoms with van der Waals surface area (Å²) in [5.74, 6) is 3.26. The van der Waals surface area contributed by atoms with Crippen molar-refractivity contribution >= 4 is 17.5 Å². The minimum Gasteiger partial charge on any atom is -0.383 e. The van der Waals surface area contributed by atoms with Crippen LogP contribution >= 0.6 is 0 Å². The highest BCUT2D eigenvalue weighted by Crippen LogP contribution is 2.45. The van der Waals surface area contributed by atoms with Gasteiger partial charge in [0.15, 0.2) is 0 Å². The van der Waals surface area contributed by atoms with Crippen LogP contribution in [0.25, 0.3) is 0 Å². The third kappa shape index (κ3) is 3.30. The molecule has 3 aromatic rings. The number of nitrogens with two attached hydrogens (primary N) is 1. The minimum atomic E-state index is -0.127. The lowest BCUT2D eigenvalue weighted by Crippen LogP contribution is -2.27. The first-order valence-corrected chi connectivity index (χ1v) is 11.4. The number of carbonyl (C=O) groups excluding carboxylic acids is 1. The number of aromatic nitrogens is 4. The number of carbonyl (C=O) groups is 1. The van der Waals surface area contributed by atoms with E-state index in [9.17, 15) is 4.79 Å². The van der Waals surface area contributed by atoms with E-state index in [1.165, 1.54) is 6.42 Å². The van der Waals surface area contributed by atoms with Crippen molar-refractivity contribution in [3.8, 4) is 0 Å². The molecule has 0 bridgehead atoms. The molecule has 32 heavy (non-hydrogen) atoms. The first-order chi connectivity index (χ1) is 15.6. The molecular weight excluding hydrogens is 402 g/mol. The molecule has 164 valence electrons. The second-order valence-electron chi connectivity index (χ2n) is 9.32. The Kier molecular flexibility index (Phi) is 4.41. The van der Waals surface area contributed by atoms with E-state index >= 15 is 0 Å². The Balaban J connectivity index is 1.13. The predicted octanol–water partition coefficient (Wildman–Crippen LogP) is 2.74. The van der Waals surface area contributed by atoms with Gasteiger partial charge < -0.3 is 16.0 Å². The highest BCUT2D eigenvalue weighted by atomic mass is 16.1. The van der Waals surface area contributed by atoms with Crippen LogP contribution in [0.2, 0.25) is 0 Å². The Morgan fingerprint density at radius 3 is 2.81 bits per heavy atom. The number of amides is 1. The van der Waals surface area contributed by atoms with Crippen LogP contribution in [-0.2, 0) is 6.42 Å². The zero-order chi connectivity index (χ0) is 21.8. The summed E-state index contributed by atoms with van der Waals surface area (Å²) in [5.41, 5.74) is 9.70. The van der Waals surface area contributed by atoms with Crippen molar-refractivity contribution < 1.29 is 4.79 Å². The molecule has 3 N–H and O–H groups in total. The zero-order valence-corrected chi connectivity index (χ0v) is 18.1. The number of anilines is 2. The predicted molar refractivity (Wildman–Crippen MR) is 121 cm³/mol. The van der Waals surface area contributed by atoms with E-state index in [0.717, 1.165) is 60.3 Å². The normalized spacial score (nSPS) is 24.2. The number of hydrogen-bond donors (Lipinski definition) is 2. The van der Waals surface area contributed by atoms with Gasteiger partial charge in [0, 0.05) is 31.7 Å². The maximum absolute atomic E-state index is 12.9. The summed E-state index contributed by atoms with van der Waals surface area (Å²) in [4.78, 5) is 24.1. The number of rotatable bonds is 5. The van der Waals surface area contributed by atoms with Crippen molar-refractivity contribution in [2.45, 2.75) is 38.3 Å². The van der Waals surface area contributed by atoms with Gasteiger partial charge in [-0.25, -0.2) is 9.97 Å². The molecule has 3 aliphatic rings. The van der Waals surface area contributed by atoms with Gasteiger partial charge in [0.2, 0.25) is 0 Å². The molecule has 1 unspecified atom stereocenters. The quantitative estimate of drug-likeness (QED) is 0.647. The van der Waals surface area contributed by atoms with Crippen molar-refractivity contribution in [3.05, 3.63) is 65.2 Å². The van der Waals surface area contributed by atoms with Gasteiger partial charge in [0.1, 0.15) is 11.6 Å². The lowest BCUT2D eigenvalue weighted by molar-refractivity contribution is 0.0936. The van der Waals surface area contributed by atoms with Gasteiger partial charge in [-0.2, -0.15) is 5.10 Å². The summed E-state index contributed by atoms with van der Waals surface area (Å²) >= 11 is 0. The summed E-state index contributed by atoms with van der Waals surface area (Å²) in [7, 11) is 0. The first kappa shape index (κ1) is 19.3. The summed E-state index contributed by atoms with van der Waals surface area (Å²) in [5, 5.41) is 7.57. The van der Waals surface area contributed by atoms with E-state index in [4.69, 9.17) is 10.7 Å². The van der Waals surface area contributed by atoms with Crippen LogP contribution in [0.5, 0.6) is 0 Å². The Bertz CT molecular complexity index is 1160. The Morgan fingerprint density at radius 2 is 2.03 bits per heavy atom. The molecule has 1 saturated heterocycles. The van der Waals surface area contributed by atoms with Crippen molar-refractivity contribution in [2.75, 3.05) is 23.7 Å². The molecule has 0 radical (unpaired) electrons. The van der Waals surface area contributed by atoms with Crippen LogP contribution in [0.3, 0.4) is 0 Å². The van der Waals surface area contributed by atoms with E-state index in [2.05, 4.69) is 39.4 Å². The van der Waals surface area contributed by atoms with Gasteiger partial charge in [0.05, 0.1) is 23.8 Å². The SMILES string of the molecule is CC(c1ccc(N2C[C@H]3C[C@@H]3C2)nc1)n1cc(C(=O)N[C@@H]2CCc3c2ccnc3N)cn1. The van der Waals surface area contributed by atoms with Crippen LogP contribution in [0.4, 0.5) is 11.6 Å². The second-order valence-corrected chi connectivity index (χ2v) is 9.32. The van der Waals surface area contributed by atoms with Crippen molar-refractivity contribution in [1.82, 2.24) is 25.1 Å². The molecular formula is C24H27N7O. The summed E-state index contributed by atoms with van der Waals surface area (Å²) in [6.45, 7) is 4.34. The van der Waals surface area contributed by atoms with Gasteiger partial charge in [-0.1, -0.05) is 6.07 Å². The third-order valence-corrected chi connectivity index (χ3v) is 7.31. The van der Waals surface area contributed by atoms with Gasteiger partial charge in [-0.05, 0) is 66.8 Å². The first-order valence-electron chi connectivity index (χ1n) is 11.4. The Labute approximate surface area is 186 Å². The average Bonchev–Trinajstić information content (AvgIpc) is 3.22. The highest BCUT2D eigenvalue weighted by Gasteiger charge is 2.45.